The number of hydrogen-bond acceptors (Lipinski definition) is 4. The maximum absolute atomic E-state index is 4.19. The Kier molecular flexibility index (Phi) is 6.05. The zero-order valence-corrected chi connectivity index (χ0v) is 21.0. The molecule has 0 saturated heterocycles. The van der Waals surface area contributed by atoms with Gasteiger partial charge in [-0.25, -0.2) is 0 Å². The van der Waals surface area contributed by atoms with Gasteiger partial charge in [0.25, 0.3) is 0 Å². The standard InChI is InChI=1S/C25H16Br2N2S2/c26-24-11-9-22(30-24)17-1-5-19(6-2-17)29(21-13-15-28-16-14-21)20-7-3-18(4-8-20)23-10-12-25(27)31-23/h1-16H. The van der Waals surface area contributed by atoms with Crippen molar-refractivity contribution in [3.63, 3.8) is 0 Å². The predicted octanol–water partition coefficient (Wildman–Crippen LogP) is 9.53. The number of halogens is 2. The smallest absolute Gasteiger partial charge is 0.0705 e. The van der Waals surface area contributed by atoms with Crippen LogP contribution in [0.4, 0.5) is 17.1 Å². The van der Waals surface area contributed by atoms with E-state index in [-0.39, 0.29) is 0 Å². The number of benzene rings is 2. The summed E-state index contributed by atoms with van der Waals surface area (Å²) in [6.07, 6.45) is 3.66. The summed E-state index contributed by atoms with van der Waals surface area (Å²) in [7, 11) is 0. The Labute approximate surface area is 206 Å². The Morgan fingerprint density at radius 1 is 0.516 bits per heavy atom. The third kappa shape index (κ3) is 4.53. The van der Waals surface area contributed by atoms with Gasteiger partial charge in [0.15, 0.2) is 0 Å². The lowest BCUT2D eigenvalue weighted by atomic mass is 10.1. The Morgan fingerprint density at radius 3 is 1.32 bits per heavy atom. The van der Waals surface area contributed by atoms with E-state index < -0.39 is 0 Å². The largest absolute Gasteiger partial charge is 0.310 e. The molecule has 2 nitrogen and oxygen atoms in total. The van der Waals surface area contributed by atoms with Gasteiger partial charge in [-0.3, -0.25) is 4.98 Å². The fourth-order valence-electron chi connectivity index (χ4n) is 3.43. The van der Waals surface area contributed by atoms with Gasteiger partial charge < -0.3 is 4.90 Å². The molecule has 0 unspecified atom stereocenters. The average Bonchev–Trinajstić information content (AvgIpc) is 3.44. The monoisotopic (exact) mass is 566 g/mol. The molecule has 0 aliphatic heterocycles. The molecular formula is C25H16Br2N2S2. The van der Waals surface area contributed by atoms with Crippen LogP contribution in [-0.4, -0.2) is 4.98 Å². The van der Waals surface area contributed by atoms with E-state index in [4.69, 9.17) is 0 Å². The van der Waals surface area contributed by atoms with E-state index in [1.807, 2.05) is 24.5 Å². The zero-order chi connectivity index (χ0) is 21.2. The molecule has 0 aliphatic rings. The molecule has 0 atom stereocenters. The molecule has 0 fully saturated rings. The van der Waals surface area contributed by atoms with Gasteiger partial charge >= 0.3 is 0 Å². The van der Waals surface area contributed by atoms with Crippen molar-refractivity contribution in [3.8, 4) is 20.9 Å². The maximum Gasteiger partial charge on any atom is 0.0705 e. The highest BCUT2D eigenvalue weighted by molar-refractivity contribution is 9.11. The van der Waals surface area contributed by atoms with Crippen LogP contribution in [0.3, 0.4) is 0 Å². The summed E-state index contributed by atoms with van der Waals surface area (Å²) in [6.45, 7) is 0. The van der Waals surface area contributed by atoms with Crippen LogP contribution in [0.1, 0.15) is 0 Å². The lowest BCUT2D eigenvalue weighted by Crippen LogP contribution is -2.09. The second-order valence-electron chi connectivity index (χ2n) is 6.84. The minimum atomic E-state index is 1.08. The Balaban J connectivity index is 1.52. The molecule has 0 bridgehead atoms. The van der Waals surface area contributed by atoms with Crippen LogP contribution in [0, 0.1) is 0 Å². The molecule has 5 aromatic rings. The van der Waals surface area contributed by atoms with Crippen molar-refractivity contribution in [1.82, 2.24) is 4.98 Å². The quantitative estimate of drug-likeness (QED) is 0.210. The molecule has 0 spiro atoms. The normalized spacial score (nSPS) is 10.9. The van der Waals surface area contributed by atoms with Crippen molar-refractivity contribution in [2.45, 2.75) is 0 Å². The van der Waals surface area contributed by atoms with Crippen molar-refractivity contribution < 1.29 is 0 Å². The Hall–Kier alpha value is -2.25. The lowest BCUT2D eigenvalue weighted by Gasteiger charge is -2.25. The molecule has 3 heterocycles. The fourth-order valence-corrected chi connectivity index (χ4v) is 6.21. The summed E-state index contributed by atoms with van der Waals surface area (Å²) in [5, 5.41) is 0. The van der Waals surface area contributed by atoms with E-state index in [1.54, 1.807) is 22.7 Å². The van der Waals surface area contributed by atoms with E-state index in [1.165, 1.54) is 20.9 Å². The van der Waals surface area contributed by atoms with Crippen molar-refractivity contribution >= 4 is 71.6 Å². The van der Waals surface area contributed by atoms with Gasteiger partial charge in [-0.2, -0.15) is 0 Å². The summed E-state index contributed by atoms with van der Waals surface area (Å²) in [6, 6.07) is 30.0. The number of rotatable bonds is 5. The maximum atomic E-state index is 4.19. The number of pyridine rings is 1. The van der Waals surface area contributed by atoms with E-state index in [2.05, 4.69) is 115 Å². The third-order valence-electron chi connectivity index (χ3n) is 4.89. The Bertz CT molecular complexity index is 1210. The van der Waals surface area contributed by atoms with Crippen LogP contribution in [0.25, 0.3) is 20.9 Å². The fraction of sp³-hybridized carbons (Fsp3) is 0. The molecule has 0 saturated carbocycles. The minimum absolute atomic E-state index is 1.08. The minimum Gasteiger partial charge on any atom is -0.310 e. The van der Waals surface area contributed by atoms with Gasteiger partial charge in [-0.05, 0) is 104 Å². The number of aromatic nitrogens is 1. The lowest BCUT2D eigenvalue weighted by molar-refractivity contribution is 1.24. The van der Waals surface area contributed by atoms with Crippen LogP contribution < -0.4 is 4.90 Å². The second-order valence-corrected chi connectivity index (χ2v) is 11.8. The van der Waals surface area contributed by atoms with E-state index in [9.17, 15) is 0 Å². The van der Waals surface area contributed by atoms with Crippen molar-refractivity contribution in [1.29, 1.82) is 0 Å². The van der Waals surface area contributed by atoms with E-state index in [0.717, 1.165) is 24.6 Å². The molecule has 0 N–H and O–H groups in total. The highest BCUT2D eigenvalue weighted by atomic mass is 79.9. The molecule has 152 valence electrons. The highest BCUT2D eigenvalue weighted by Crippen LogP contribution is 2.38. The molecular weight excluding hydrogens is 552 g/mol. The highest BCUT2D eigenvalue weighted by Gasteiger charge is 2.13. The van der Waals surface area contributed by atoms with Crippen LogP contribution >= 0.6 is 54.5 Å². The molecule has 5 rings (SSSR count). The van der Waals surface area contributed by atoms with Gasteiger partial charge in [0, 0.05) is 39.2 Å². The molecule has 31 heavy (non-hydrogen) atoms. The van der Waals surface area contributed by atoms with E-state index in [0.29, 0.717) is 0 Å². The number of hydrogen-bond donors (Lipinski definition) is 0. The molecule has 0 aliphatic carbocycles. The SMILES string of the molecule is Brc1ccc(-c2ccc(N(c3ccncc3)c3ccc(-c4ccc(Br)s4)cc3)cc2)s1. The third-order valence-corrected chi connectivity index (χ3v) is 8.23. The summed E-state index contributed by atoms with van der Waals surface area (Å²) in [5.74, 6) is 0. The molecule has 6 heteroatoms. The van der Waals surface area contributed by atoms with Crippen LogP contribution in [0.5, 0.6) is 0 Å². The van der Waals surface area contributed by atoms with Crippen molar-refractivity contribution in [3.05, 3.63) is 105 Å². The van der Waals surface area contributed by atoms with Crippen molar-refractivity contribution in [2.75, 3.05) is 4.90 Å². The molecule has 0 radical (unpaired) electrons. The number of anilines is 3. The van der Waals surface area contributed by atoms with E-state index >= 15 is 0 Å². The van der Waals surface area contributed by atoms with Crippen molar-refractivity contribution in [2.24, 2.45) is 0 Å². The van der Waals surface area contributed by atoms with Crippen LogP contribution in [0.2, 0.25) is 0 Å². The summed E-state index contributed by atoms with van der Waals surface area (Å²) in [5.41, 5.74) is 5.73. The topological polar surface area (TPSA) is 16.1 Å². The molecule has 0 amide bonds. The number of thiophene rings is 2. The summed E-state index contributed by atoms with van der Waals surface area (Å²) >= 11 is 10.6. The first-order chi connectivity index (χ1) is 15.2. The zero-order valence-electron chi connectivity index (χ0n) is 16.2. The number of nitrogens with zero attached hydrogens (tertiary/aromatic N) is 2. The first kappa shape index (κ1) is 20.6. The average molecular weight is 568 g/mol. The summed E-state index contributed by atoms with van der Waals surface area (Å²) < 4.78 is 2.28. The van der Waals surface area contributed by atoms with Gasteiger partial charge in [0.1, 0.15) is 0 Å². The van der Waals surface area contributed by atoms with Crippen LogP contribution in [0.15, 0.2) is 105 Å². The predicted molar refractivity (Wildman–Crippen MR) is 141 cm³/mol. The van der Waals surface area contributed by atoms with Gasteiger partial charge in [0.2, 0.25) is 0 Å². The van der Waals surface area contributed by atoms with Gasteiger partial charge in [-0.1, -0.05) is 24.3 Å². The molecule has 2 aromatic carbocycles. The molecule has 3 aromatic heterocycles. The van der Waals surface area contributed by atoms with Gasteiger partial charge in [0.05, 0.1) is 7.57 Å². The van der Waals surface area contributed by atoms with Gasteiger partial charge in [-0.15, -0.1) is 22.7 Å². The Morgan fingerprint density at radius 2 is 0.935 bits per heavy atom. The first-order valence-corrected chi connectivity index (χ1v) is 12.8. The van der Waals surface area contributed by atoms with Crippen LogP contribution in [-0.2, 0) is 0 Å². The second kappa shape index (κ2) is 9.09. The first-order valence-electron chi connectivity index (χ1n) is 9.59. The summed E-state index contributed by atoms with van der Waals surface area (Å²) in [4.78, 5) is 8.95.